The number of halogens is 1. The van der Waals surface area contributed by atoms with E-state index >= 15 is 0 Å². The van der Waals surface area contributed by atoms with Gasteiger partial charge >= 0.3 is 0 Å². The standard InChI is InChI=1S/C21H20FN3O3/c1-24(20(27)14-7-4-3-5-8-14)11-12-25(2)21(28)19(26)15-13-23-17-10-6-9-16(22)18(15)17/h3-10,13,23H,11-12H2,1-2H3. The zero-order valence-corrected chi connectivity index (χ0v) is 15.6. The van der Waals surface area contributed by atoms with Crippen LogP contribution in [0.5, 0.6) is 0 Å². The van der Waals surface area contributed by atoms with Gasteiger partial charge in [-0.3, -0.25) is 14.4 Å². The van der Waals surface area contributed by atoms with Crippen molar-refractivity contribution in [3.8, 4) is 0 Å². The Morgan fingerprint density at radius 1 is 0.929 bits per heavy atom. The predicted molar refractivity (Wildman–Crippen MR) is 104 cm³/mol. The number of H-pyrrole nitrogens is 1. The van der Waals surface area contributed by atoms with E-state index in [2.05, 4.69) is 4.98 Å². The van der Waals surface area contributed by atoms with Gasteiger partial charge in [0.05, 0.1) is 5.56 Å². The number of hydrogen-bond acceptors (Lipinski definition) is 3. The monoisotopic (exact) mass is 381 g/mol. The van der Waals surface area contributed by atoms with E-state index in [1.807, 2.05) is 6.07 Å². The molecule has 0 atom stereocenters. The molecule has 1 N–H and O–H groups in total. The largest absolute Gasteiger partial charge is 0.360 e. The number of carbonyl (C=O) groups is 3. The summed E-state index contributed by atoms with van der Waals surface area (Å²) in [6.07, 6.45) is 1.34. The van der Waals surface area contributed by atoms with Crippen molar-refractivity contribution in [3.05, 3.63) is 71.7 Å². The van der Waals surface area contributed by atoms with Crippen LogP contribution in [0.2, 0.25) is 0 Å². The molecule has 0 spiro atoms. The van der Waals surface area contributed by atoms with Gasteiger partial charge in [-0.05, 0) is 24.3 Å². The number of carbonyl (C=O) groups excluding carboxylic acids is 3. The van der Waals surface area contributed by atoms with Gasteiger partial charge in [-0.1, -0.05) is 24.3 Å². The summed E-state index contributed by atoms with van der Waals surface area (Å²) in [4.78, 5) is 42.9. The Morgan fingerprint density at radius 2 is 1.61 bits per heavy atom. The van der Waals surface area contributed by atoms with Crippen LogP contribution in [0.3, 0.4) is 0 Å². The molecule has 3 aromatic rings. The summed E-state index contributed by atoms with van der Waals surface area (Å²) in [5, 5.41) is 0.102. The summed E-state index contributed by atoms with van der Waals surface area (Å²) in [5.74, 6) is -2.29. The van der Waals surface area contributed by atoms with Crippen molar-refractivity contribution in [2.45, 2.75) is 0 Å². The summed E-state index contributed by atoms with van der Waals surface area (Å²) in [7, 11) is 3.11. The van der Waals surface area contributed by atoms with Crippen LogP contribution in [-0.2, 0) is 4.79 Å². The molecule has 3 rings (SSSR count). The van der Waals surface area contributed by atoms with Crippen molar-refractivity contribution in [1.29, 1.82) is 0 Å². The molecule has 28 heavy (non-hydrogen) atoms. The highest BCUT2D eigenvalue weighted by Crippen LogP contribution is 2.22. The van der Waals surface area contributed by atoms with Crippen LogP contribution in [0.25, 0.3) is 10.9 Å². The van der Waals surface area contributed by atoms with E-state index in [0.717, 1.165) is 0 Å². The zero-order valence-electron chi connectivity index (χ0n) is 15.6. The van der Waals surface area contributed by atoms with Crippen molar-refractivity contribution in [2.24, 2.45) is 0 Å². The molecule has 1 heterocycles. The third kappa shape index (κ3) is 3.78. The summed E-state index contributed by atoms with van der Waals surface area (Å²) in [5.41, 5.74) is 0.995. The van der Waals surface area contributed by atoms with Crippen LogP contribution in [0.4, 0.5) is 4.39 Å². The molecule has 0 aliphatic heterocycles. The lowest BCUT2D eigenvalue weighted by Gasteiger charge is -2.22. The first-order valence-corrected chi connectivity index (χ1v) is 8.76. The van der Waals surface area contributed by atoms with Crippen molar-refractivity contribution in [1.82, 2.24) is 14.8 Å². The number of hydrogen-bond donors (Lipinski definition) is 1. The first-order chi connectivity index (χ1) is 13.4. The number of aromatic amines is 1. The molecule has 6 nitrogen and oxygen atoms in total. The normalized spacial score (nSPS) is 10.7. The zero-order chi connectivity index (χ0) is 20.3. The number of Topliss-reactive ketones (excluding diaryl/α,β-unsaturated/α-hetero) is 1. The topological polar surface area (TPSA) is 73.5 Å². The lowest BCUT2D eigenvalue weighted by Crippen LogP contribution is -2.40. The van der Waals surface area contributed by atoms with Gasteiger partial charge in [0, 0.05) is 49.8 Å². The molecule has 0 aliphatic rings. The van der Waals surface area contributed by atoms with Crippen LogP contribution < -0.4 is 0 Å². The van der Waals surface area contributed by atoms with E-state index < -0.39 is 17.5 Å². The second-order valence-electron chi connectivity index (χ2n) is 6.51. The molecule has 144 valence electrons. The molecule has 0 radical (unpaired) electrons. The van der Waals surface area contributed by atoms with Crippen LogP contribution in [0.15, 0.2) is 54.7 Å². The fraction of sp³-hybridized carbons (Fsp3) is 0.190. The maximum atomic E-state index is 14.1. The minimum atomic E-state index is -0.795. The quantitative estimate of drug-likeness (QED) is 0.527. The number of fused-ring (bicyclic) bond motifs is 1. The molecule has 0 aliphatic carbocycles. The number of ketones is 1. The number of amides is 2. The van der Waals surface area contributed by atoms with E-state index in [9.17, 15) is 18.8 Å². The second-order valence-corrected chi connectivity index (χ2v) is 6.51. The predicted octanol–water partition coefficient (Wildman–Crippen LogP) is 2.72. The Hall–Kier alpha value is -3.48. The fourth-order valence-corrected chi connectivity index (χ4v) is 2.91. The second kappa shape index (κ2) is 8.04. The molecule has 2 amide bonds. The first kappa shape index (κ1) is 19.3. The minimum absolute atomic E-state index is 0.00123. The highest BCUT2D eigenvalue weighted by molar-refractivity contribution is 6.44. The molecule has 2 aromatic carbocycles. The Bertz CT molecular complexity index is 1030. The third-order valence-electron chi connectivity index (χ3n) is 4.58. The van der Waals surface area contributed by atoms with Gasteiger partial charge in [0.2, 0.25) is 0 Å². The summed E-state index contributed by atoms with van der Waals surface area (Å²) in [6, 6.07) is 13.2. The Balaban J connectivity index is 1.65. The number of likely N-dealkylation sites (N-methyl/N-ethyl adjacent to an activating group) is 2. The molecule has 0 saturated carbocycles. The fourth-order valence-electron chi connectivity index (χ4n) is 2.91. The maximum Gasteiger partial charge on any atom is 0.294 e. The summed E-state index contributed by atoms with van der Waals surface area (Å²) in [6.45, 7) is 0.427. The van der Waals surface area contributed by atoms with Gasteiger partial charge in [0.15, 0.2) is 0 Å². The SMILES string of the molecule is CN(CCN(C)C(=O)c1ccccc1)C(=O)C(=O)c1c[nH]c2cccc(F)c12. The number of nitrogens with one attached hydrogen (secondary N) is 1. The van der Waals surface area contributed by atoms with E-state index in [1.54, 1.807) is 37.4 Å². The van der Waals surface area contributed by atoms with Gasteiger partial charge in [-0.25, -0.2) is 4.39 Å². The van der Waals surface area contributed by atoms with E-state index in [0.29, 0.717) is 11.1 Å². The van der Waals surface area contributed by atoms with Gasteiger partial charge in [0.1, 0.15) is 5.82 Å². The van der Waals surface area contributed by atoms with E-state index in [-0.39, 0.29) is 29.9 Å². The lowest BCUT2D eigenvalue weighted by atomic mass is 10.1. The van der Waals surface area contributed by atoms with Gasteiger partial charge in [0.25, 0.3) is 17.6 Å². The molecular formula is C21H20FN3O3. The van der Waals surface area contributed by atoms with Crippen LogP contribution in [-0.4, -0.2) is 59.6 Å². The molecule has 1 aromatic heterocycles. The van der Waals surface area contributed by atoms with E-state index in [1.165, 1.54) is 35.2 Å². The highest BCUT2D eigenvalue weighted by Gasteiger charge is 2.25. The van der Waals surface area contributed by atoms with E-state index in [4.69, 9.17) is 0 Å². The van der Waals surface area contributed by atoms with Crippen molar-refractivity contribution < 1.29 is 18.8 Å². The third-order valence-corrected chi connectivity index (χ3v) is 4.58. The Labute approximate surface area is 161 Å². The molecule has 7 heteroatoms. The van der Waals surface area contributed by atoms with Gasteiger partial charge in [-0.15, -0.1) is 0 Å². The number of aromatic nitrogens is 1. The molecule has 0 saturated heterocycles. The molecule has 0 fully saturated rings. The number of rotatable bonds is 6. The maximum absolute atomic E-state index is 14.1. The lowest BCUT2D eigenvalue weighted by molar-refractivity contribution is -0.125. The first-order valence-electron chi connectivity index (χ1n) is 8.76. The van der Waals surface area contributed by atoms with Crippen molar-refractivity contribution in [2.75, 3.05) is 27.2 Å². The highest BCUT2D eigenvalue weighted by atomic mass is 19.1. The smallest absolute Gasteiger partial charge is 0.294 e. The molecule has 0 bridgehead atoms. The van der Waals surface area contributed by atoms with Crippen LogP contribution in [0.1, 0.15) is 20.7 Å². The molecule has 0 unspecified atom stereocenters. The summed E-state index contributed by atoms with van der Waals surface area (Å²) < 4.78 is 14.1. The minimum Gasteiger partial charge on any atom is -0.360 e. The van der Waals surface area contributed by atoms with Gasteiger partial charge in [-0.2, -0.15) is 0 Å². The summed E-state index contributed by atoms with van der Waals surface area (Å²) >= 11 is 0. The molecular weight excluding hydrogens is 361 g/mol. The van der Waals surface area contributed by atoms with Gasteiger partial charge < -0.3 is 14.8 Å². The van der Waals surface area contributed by atoms with Crippen LogP contribution in [0, 0.1) is 5.82 Å². The Kier molecular flexibility index (Phi) is 5.54. The Morgan fingerprint density at radius 3 is 2.32 bits per heavy atom. The van der Waals surface area contributed by atoms with Crippen molar-refractivity contribution >= 4 is 28.5 Å². The van der Waals surface area contributed by atoms with Crippen LogP contribution >= 0.6 is 0 Å². The van der Waals surface area contributed by atoms with Crippen molar-refractivity contribution in [3.63, 3.8) is 0 Å². The number of nitrogens with zero attached hydrogens (tertiary/aromatic N) is 2. The average Bonchev–Trinajstić information content (AvgIpc) is 3.16. The average molecular weight is 381 g/mol. The number of benzene rings is 2.